The monoisotopic (exact) mass is 376 g/mol. The number of ether oxygens (including phenoxy) is 1. The van der Waals surface area contributed by atoms with Crippen LogP contribution >= 0.6 is 0 Å². The van der Waals surface area contributed by atoms with Crippen molar-refractivity contribution in [3.05, 3.63) is 32.9 Å². The molecule has 25 heavy (non-hydrogen) atoms. The third-order valence-electron chi connectivity index (χ3n) is 4.93. The number of hydrogen-bond donors (Lipinski definition) is 3. The zero-order chi connectivity index (χ0) is 19.2. The maximum Gasteiger partial charge on any atom is 0.330 e. The van der Waals surface area contributed by atoms with Crippen LogP contribution < -0.4 is 11.2 Å². The summed E-state index contributed by atoms with van der Waals surface area (Å²) in [5.74, 6) is -1.16. The largest absolute Gasteiger partial charge is 0.407 e. The number of halogens is 1. The van der Waals surface area contributed by atoms with Gasteiger partial charge in [-0.2, -0.15) is 4.39 Å². The van der Waals surface area contributed by atoms with E-state index in [-0.39, 0.29) is 5.04 Å². The van der Waals surface area contributed by atoms with Crippen LogP contribution in [0, 0.1) is 5.82 Å². The van der Waals surface area contributed by atoms with Crippen LogP contribution in [-0.4, -0.2) is 53.0 Å². The second-order valence-corrected chi connectivity index (χ2v) is 12.5. The predicted molar refractivity (Wildman–Crippen MR) is 90.4 cm³/mol. The lowest BCUT2D eigenvalue weighted by molar-refractivity contribution is -0.0538. The fraction of sp³-hybridized carbons (Fsp3) is 0.733. The first-order valence-electron chi connectivity index (χ1n) is 8.02. The van der Waals surface area contributed by atoms with Crippen LogP contribution in [0.15, 0.2) is 15.8 Å². The molecule has 0 spiro atoms. The van der Waals surface area contributed by atoms with Gasteiger partial charge < -0.3 is 19.4 Å². The van der Waals surface area contributed by atoms with E-state index in [4.69, 9.17) is 9.16 Å². The molecule has 142 valence electrons. The Morgan fingerprint density at radius 3 is 2.52 bits per heavy atom. The number of nitrogens with zero attached hydrogens (tertiary/aromatic N) is 1. The highest BCUT2D eigenvalue weighted by atomic mass is 28.4. The van der Waals surface area contributed by atoms with E-state index in [1.54, 1.807) is 0 Å². The highest BCUT2D eigenvalue weighted by Gasteiger charge is 2.50. The molecule has 0 unspecified atom stereocenters. The number of hydrogen-bond acceptors (Lipinski definition) is 6. The van der Waals surface area contributed by atoms with Crippen molar-refractivity contribution in [1.82, 2.24) is 9.55 Å². The van der Waals surface area contributed by atoms with Gasteiger partial charge in [-0.3, -0.25) is 14.3 Å². The molecular formula is C15H25FN2O6Si. The number of aliphatic hydroxyl groups is 2. The number of H-pyrrole nitrogens is 1. The standard InChI is InChI=1S/C15H25FN2O6Si/c1-15(2,3)25(4,5)24-11-10(20)9(7-19)23-13(11)18-6-8(16)12(21)17-14(18)22/h6,9-11,13,19-20H,7H2,1-5H3,(H,17,21,22)/t9-,10-,11-,13-/m1/s1. The van der Waals surface area contributed by atoms with E-state index in [1.165, 1.54) is 0 Å². The van der Waals surface area contributed by atoms with Gasteiger partial charge in [0.25, 0.3) is 5.56 Å². The SMILES string of the molecule is CC(C)(C)[Si](C)(C)O[C@@H]1[C@H](O)[C@@H](CO)O[C@H]1n1cc(F)c(=O)[nH]c1=O. The van der Waals surface area contributed by atoms with E-state index in [9.17, 15) is 24.2 Å². The topological polar surface area (TPSA) is 114 Å². The van der Waals surface area contributed by atoms with E-state index in [0.29, 0.717) is 0 Å². The molecule has 0 radical (unpaired) electrons. The fourth-order valence-electron chi connectivity index (χ4n) is 2.39. The molecule has 0 aliphatic carbocycles. The van der Waals surface area contributed by atoms with Crippen LogP contribution in [0.5, 0.6) is 0 Å². The van der Waals surface area contributed by atoms with E-state index >= 15 is 0 Å². The van der Waals surface area contributed by atoms with Gasteiger partial charge in [0.15, 0.2) is 14.5 Å². The van der Waals surface area contributed by atoms with Crippen LogP contribution in [0.25, 0.3) is 0 Å². The van der Waals surface area contributed by atoms with Gasteiger partial charge in [0.1, 0.15) is 18.3 Å². The normalized spacial score (nSPS) is 27.7. The Kier molecular flexibility index (Phi) is 5.41. The molecule has 1 aromatic rings. The van der Waals surface area contributed by atoms with Crippen molar-refractivity contribution >= 4 is 8.32 Å². The van der Waals surface area contributed by atoms with Crippen molar-refractivity contribution in [2.45, 2.75) is 63.4 Å². The Hall–Kier alpha value is -1.33. The Balaban J connectivity index is 2.46. The van der Waals surface area contributed by atoms with Crippen molar-refractivity contribution in [3.63, 3.8) is 0 Å². The van der Waals surface area contributed by atoms with E-state index < -0.39 is 56.5 Å². The third-order valence-corrected chi connectivity index (χ3v) is 9.40. The quantitative estimate of drug-likeness (QED) is 0.652. The minimum Gasteiger partial charge on any atom is -0.407 e. The van der Waals surface area contributed by atoms with Crippen LogP contribution in [0.4, 0.5) is 4.39 Å². The van der Waals surface area contributed by atoms with Gasteiger partial charge in [-0.05, 0) is 18.1 Å². The van der Waals surface area contributed by atoms with Crippen LogP contribution in [0.3, 0.4) is 0 Å². The second-order valence-electron chi connectivity index (χ2n) is 7.72. The van der Waals surface area contributed by atoms with Crippen molar-refractivity contribution < 1.29 is 23.8 Å². The fourth-order valence-corrected chi connectivity index (χ4v) is 3.68. The summed E-state index contributed by atoms with van der Waals surface area (Å²) in [6.07, 6.45) is -3.62. The van der Waals surface area contributed by atoms with Crippen molar-refractivity contribution in [2.24, 2.45) is 0 Å². The molecule has 1 aliphatic rings. The van der Waals surface area contributed by atoms with Gasteiger partial charge in [0.2, 0.25) is 5.82 Å². The van der Waals surface area contributed by atoms with Gasteiger partial charge >= 0.3 is 5.69 Å². The maximum absolute atomic E-state index is 13.6. The Morgan fingerprint density at radius 1 is 1.40 bits per heavy atom. The second kappa shape index (κ2) is 6.76. The van der Waals surface area contributed by atoms with Gasteiger partial charge in [0.05, 0.1) is 12.8 Å². The molecule has 0 amide bonds. The molecule has 0 saturated carbocycles. The molecule has 1 fully saturated rings. The van der Waals surface area contributed by atoms with Gasteiger partial charge in [0, 0.05) is 0 Å². The molecule has 1 aromatic heterocycles. The number of rotatable bonds is 4. The summed E-state index contributed by atoms with van der Waals surface area (Å²) in [6.45, 7) is 9.44. The highest BCUT2D eigenvalue weighted by Crippen LogP contribution is 2.41. The summed E-state index contributed by atoms with van der Waals surface area (Å²) < 4.78 is 26.2. The molecule has 2 heterocycles. The summed E-state index contributed by atoms with van der Waals surface area (Å²) in [5.41, 5.74) is -2.02. The highest BCUT2D eigenvalue weighted by molar-refractivity contribution is 6.74. The number of aromatic nitrogens is 2. The van der Waals surface area contributed by atoms with Crippen LogP contribution in [0.2, 0.25) is 18.1 Å². The molecule has 1 saturated heterocycles. The lowest BCUT2D eigenvalue weighted by atomic mass is 10.1. The zero-order valence-corrected chi connectivity index (χ0v) is 15.9. The van der Waals surface area contributed by atoms with Gasteiger partial charge in [-0.15, -0.1) is 0 Å². The van der Waals surface area contributed by atoms with Crippen molar-refractivity contribution in [2.75, 3.05) is 6.61 Å². The summed E-state index contributed by atoms with van der Waals surface area (Å²) in [5, 5.41) is 19.7. The third kappa shape index (κ3) is 3.77. The lowest BCUT2D eigenvalue weighted by Gasteiger charge is -2.40. The number of nitrogens with one attached hydrogen (secondary N) is 1. The summed E-state index contributed by atoms with van der Waals surface area (Å²) in [4.78, 5) is 25.2. The average molecular weight is 376 g/mol. The van der Waals surface area contributed by atoms with Gasteiger partial charge in [-0.1, -0.05) is 20.8 Å². The molecule has 4 atom stereocenters. The molecule has 3 N–H and O–H groups in total. The number of aromatic amines is 1. The summed E-state index contributed by atoms with van der Waals surface area (Å²) >= 11 is 0. The Morgan fingerprint density at radius 2 is 2.00 bits per heavy atom. The molecule has 0 bridgehead atoms. The Labute approximate surface area is 145 Å². The van der Waals surface area contributed by atoms with Crippen molar-refractivity contribution in [1.29, 1.82) is 0 Å². The first-order chi connectivity index (χ1) is 11.4. The van der Waals surface area contributed by atoms with E-state index in [0.717, 1.165) is 10.8 Å². The zero-order valence-electron chi connectivity index (χ0n) is 14.9. The van der Waals surface area contributed by atoms with Crippen LogP contribution in [0.1, 0.15) is 27.0 Å². The summed E-state index contributed by atoms with van der Waals surface area (Å²) in [7, 11) is -2.37. The lowest BCUT2D eigenvalue weighted by Crippen LogP contribution is -2.49. The first-order valence-corrected chi connectivity index (χ1v) is 10.9. The average Bonchev–Trinajstić information content (AvgIpc) is 2.78. The molecular weight excluding hydrogens is 351 g/mol. The molecule has 10 heteroatoms. The number of aliphatic hydroxyl groups excluding tert-OH is 2. The maximum atomic E-state index is 13.6. The Bertz CT molecular complexity index is 741. The smallest absolute Gasteiger partial charge is 0.330 e. The predicted octanol–water partition coefficient (Wildman–Crippen LogP) is 0.317. The van der Waals surface area contributed by atoms with E-state index in [1.807, 2.05) is 38.8 Å². The summed E-state index contributed by atoms with van der Waals surface area (Å²) in [6, 6.07) is 0. The molecule has 2 rings (SSSR count). The van der Waals surface area contributed by atoms with Gasteiger partial charge in [-0.25, -0.2) is 4.79 Å². The molecule has 8 nitrogen and oxygen atoms in total. The first kappa shape index (κ1) is 20.0. The minimum absolute atomic E-state index is 0.185. The molecule has 1 aliphatic heterocycles. The minimum atomic E-state index is -2.37. The van der Waals surface area contributed by atoms with E-state index in [2.05, 4.69) is 0 Å². The van der Waals surface area contributed by atoms with Crippen LogP contribution in [-0.2, 0) is 9.16 Å². The molecule has 0 aromatic carbocycles. The van der Waals surface area contributed by atoms with Crippen molar-refractivity contribution in [3.8, 4) is 0 Å².